The molecule has 2 aliphatic carbocycles. The van der Waals surface area contributed by atoms with E-state index in [-0.39, 0.29) is 41.9 Å². The van der Waals surface area contributed by atoms with Crippen molar-refractivity contribution in [2.75, 3.05) is 6.54 Å². The smallest absolute Gasteiger partial charge is 0.326 e. The zero-order valence-electron chi connectivity index (χ0n) is 23.9. The number of amidine groups is 1. The van der Waals surface area contributed by atoms with Crippen LogP contribution in [0.2, 0.25) is 0 Å². The molecule has 11 heteroatoms. The quantitative estimate of drug-likeness (QED) is 0.0953. The number of nitrogens with one attached hydrogen (secondary N) is 5. The van der Waals surface area contributed by atoms with Crippen molar-refractivity contribution < 1.29 is 19.5 Å². The standard InChI is InChI=1S/C30H47N7O4/c31-26(32)22-15-13-19(14-16-22)18-23(20-8-3-1-4-9-20)27(38)37-25(21-10-5-2-6-11-21)28(39)36-24(29(40)41)12-7-17-35-30(33)34/h13-16,20-21,23-25H,1-12,17-18H2,(H3,31,32)(H,36,39)(H,37,38)(H,40,41)(H4,33,34,35). The number of carbonyl (C=O) groups excluding carboxylic acids is 2. The third kappa shape index (κ3) is 10.1. The van der Waals surface area contributed by atoms with Gasteiger partial charge >= 0.3 is 5.97 Å². The maximum Gasteiger partial charge on any atom is 0.326 e. The van der Waals surface area contributed by atoms with E-state index >= 15 is 0 Å². The van der Waals surface area contributed by atoms with E-state index in [1.807, 2.05) is 12.1 Å². The van der Waals surface area contributed by atoms with Crippen molar-refractivity contribution in [3.8, 4) is 0 Å². The van der Waals surface area contributed by atoms with Crippen molar-refractivity contribution in [2.24, 2.45) is 29.2 Å². The number of guanidine groups is 1. The molecular formula is C30H47N7O4. The van der Waals surface area contributed by atoms with Crippen molar-refractivity contribution in [2.45, 2.75) is 95.6 Å². The van der Waals surface area contributed by atoms with Gasteiger partial charge in [0.15, 0.2) is 5.96 Å². The van der Waals surface area contributed by atoms with Crippen LogP contribution < -0.4 is 27.4 Å². The highest BCUT2D eigenvalue weighted by atomic mass is 16.4. The van der Waals surface area contributed by atoms with Gasteiger partial charge in [-0.05, 0) is 62.3 Å². The van der Waals surface area contributed by atoms with Gasteiger partial charge in [0, 0.05) is 18.0 Å². The summed E-state index contributed by atoms with van der Waals surface area (Å²) in [5, 5.41) is 33.1. The topological polar surface area (TPSA) is 207 Å². The number of aliphatic carboxylic acids is 1. The lowest BCUT2D eigenvalue weighted by Crippen LogP contribution is -2.56. The summed E-state index contributed by atoms with van der Waals surface area (Å²) in [5.41, 5.74) is 12.5. The minimum absolute atomic E-state index is 0.00533. The number of hydrogen-bond acceptors (Lipinski definition) is 5. The van der Waals surface area contributed by atoms with Gasteiger partial charge < -0.3 is 32.5 Å². The molecule has 0 radical (unpaired) electrons. The molecule has 1 aromatic rings. The van der Waals surface area contributed by atoms with E-state index in [0.717, 1.165) is 69.8 Å². The number of benzene rings is 1. The predicted octanol–water partition coefficient (Wildman–Crippen LogP) is 2.61. The largest absolute Gasteiger partial charge is 0.480 e. The lowest BCUT2D eigenvalue weighted by Gasteiger charge is -2.34. The Morgan fingerprint density at radius 1 is 0.854 bits per heavy atom. The lowest BCUT2D eigenvalue weighted by atomic mass is 9.76. The number of nitrogens with two attached hydrogens (primary N) is 2. The van der Waals surface area contributed by atoms with Gasteiger partial charge in [0.25, 0.3) is 0 Å². The van der Waals surface area contributed by atoms with Crippen LogP contribution in [0.5, 0.6) is 0 Å². The molecule has 0 heterocycles. The van der Waals surface area contributed by atoms with Crippen LogP contribution in [-0.2, 0) is 20.8 Å². The summed E-state index contributed by atoms with van der Waals surface area (Å²) >= 11 is 0. The molecule has 3 rings (SSSR count). The Labute approximate surface area is 242 Å². The zero-order valence-corrected chi connectivity index (χ0v) is 23.9. The van der Waals surface area contributed by atoms with Gasteiger partial charge in [-0.15, -0.1) is 0 Å². The van der Waals surface area contributed by atoms with Crippen LogP contribution in [0.3, 0.4) is 0 Å². The minimum atomic E-state index is -1.14. The van der Waals surface area contributed by atoms with Gasteiger partial charge in [-0.1, -0.05) is 62.8 Å². The molecule has 2 saturated carbocycles. The van der Waals surface area contributed by atoms with Gasteiger partial charge in [0.1, 0.15) is 17.9 Å². The van der Waals surface area contributed by atoms with Crippen LogP contribution in [0.15, 0.2) is 24.3 Å². The summed E-state index contributed by atoms with van der Waals surface area (Å²) in [6.45, 7) is 0.328. The second-order valence-corrected chi connectivity index (χ2v) is 11.6. The van der Waals surface area contributed by atoms with Crippen LogP contribution in [-0.4, -0.2) is 53.3 Å². The van der Waals surface area contributed by atoms with E-state index in [4.69, 9.17) is 22.3 Å². The van der Waals surface area contributed by atoms with Gasteiger partial charge in [-0.2, -0.15) is 0 Å². The summed E-state index contributed by atoms with van der Waals surface area (Å²) < 4.78 is 0. The van der Waals surface area contributed by atoms with Gasteiger partial charge in [0.2, 0.25) is 11.8 Å². The monoisotopic (exact) mass is 569 g/mol. The number of carboxylic acids is 1. The van der Waals surface area contributed by atoms with Gasteiger partial charge in [-0.3, -0.25) is 20.4 Å². The number of rotatable bonds is 14. The first-order valence-corrected chi connectivity index (χ1v) is 15.0. The summed E-state index contributed by atoms with van der Waals surface area (Å²) in [6, 6.07) is 5.50. The first-order chi connectivity index (χ1) is 19.7. The third-order valence-electron chi connectivity index (χ3n) is 8.58. The van der Waals surface area contributed by atoms with Crippen molar-refractivity contribution in [3.05, 3.63) is 35.4 Å². The third-order valence-corrected chi connectivity index (χ3v) is 8.58. The zero-order chi connectivity index (χ0) is 29.8. The summed E-state index contributed by atoms with van der Waals surface area (Å²) in [6.07, 6.45) is 11.0. The molecular weight excluding hydrogens is 522 g/mol. The van der Waals surface area contributed by atoms with E-state index in [1.165, 1.54) is 0 Å². The van der Waals surface area contributed by atoms with Crippen molar-refractivity contribution in [1.29, 1.82) is 10.8 Å². The average Bonchev–Trinajstić information content (AvgIpc) is 2.96. The highest BCUT2D eigenvalue weighted by Gasteiger charge is 2.37. The Morgan fingerprint density at radius 3 is 1.98 bits per heavy atom. The van der Waals surface area contributed by atoms with E-state index < -0.39 is 24.0 Å². The SMILES string of the molecule is N=C(N)NCCCC(NC(=O)C(NC(=O)C(Cc1ccc(C(=N)N)cc1)C1CCCCC1)C1CCCCC1)C(=O)O. The molecule has 41 heavy (non-hydrogen) atoms. The molecule has 2 fully saturated rings. The number of nitrogen functional groups attached to an aromatic ring is 1. The predicted molar refractivity (Wildman–Crippen MR) is 158 cm³/mol. The minimum Gasteiger partial charge on any atom is -0.480 e. The molecule has 3 atom stereocenters. The fraction of sp³-hybridized carbons (Fsp3) is 0.633. The van der Waals surface area contributed by atoms with Crippen LogP contribution >= 0.6 is 0 Å². The van der Waals surface area contributed by atoms with Crippen molar-refractivity contribution in [1.82, 2.24) is 16.0 Å². The molecule has 2 aliphatic rings. The molecule has 1 aromatic carbocycles. The molecule has 0 aromatic heterocycles. The molecule has 0 bridgehead atoms. The first kappa shape index (κ1) is 31.9. The lowest BCUT2D eigenvalue weighted by molar-refractivity contribution is -0.143. The van der Waals surface area contributed by atoms with E-state index in [1.54, 1.807) is 12.1 Å². The maximum atomic E-state index is 14.0. The van der Waals surface area contributed by atoms with Gasteiger partial charge in [-0.25, -0.2) is 4.79 Å². The molecule has 0 aliphatic heterocycles. The summed E-state index contributed by atoms with van der Waals surface area (Å²) in [7, 11) is 0. The number of carboxylic acid groups (broad SMARTS) is 1. The second-order valence-electron chi connectivity index (χ2n) is 11.6. The van der Waals surface area contributed by atoms with E-state index in [9.17, 15) is 19.5 Å². The molecule has 226 valence electrons. The maximum absolute atomic E-state index is 14.0. The fourth-order valence-corrected chi connectivity index (χ4v) is 6.26. The highest BCUT2D eigenvalue weighted by Crippen LogP contribution is 2.33. The summed E-state index contributed by atoms with van der Waals surface area (Å²) in [4.78, 5) is 39.5. The average molecular weight is 570 g/mol. The molecule has 0 saturated heterocycles. The molecule has 2 amide bonds. The Morgan fingerprint density at radius 2 is 1.44 bits per heavy atom. The van der Waals surface area contributed by atoms with Crippen molar-refractivity contribution in [3.63, 3.8) is 0 Å². The Bertz CT molecular complexity index is 1050. The number of hydrogen-bond donors (Lipinski definition) is 8. The van der Waals surface area contributed by atoms with Crippen LogP contribution in [0.1, 0.15) is 88.2 Å². The molecule has 0 spiro atoms. The summed E-state index contributed by atoms with van der Waals surface area (Å²) in [5.74, 6) is -2.11. The molecule has 10 N–H and O–H groups in total. The van der Waals surface area contributed by atoms with Gasteiger partial charge in [0.05, 0.1) is 0 Å². The molecule has 11 nitrogen and oxygen atoms in total. The van der Waals surface area contributed by atoms with Crippen LogP contribution in [0, 0.1) is 28.6 Å². The Kier molecular flexibility index (Phi) is 12.4. The first-order valence-electron chi connectivity index (χ1n) is 15.0. The number of amides is 2. The van der Waals surface area contributed by atoms with E-state index in [0.29, 0.717) is 24.9 Å². The van der Waals surface area contributed by atoms with E-state index in [2.05, 4.69) is 16.0 Å². The normalized spacial score (nSPS) is 18.4. The highest BCUT2D eigenvalue weighted by molar-refractivity contribution is 5.95. The van der Waals surface area contributed by atoms with Crippen LogP contribution in [0.4, 0.5) is 0 Å². The Hall–Kier alpha value is -3.63. The van der Waals surface area contributed by atoms with Crippen LogP contribution in [0.25, 0.3) is 0 Å². The van der Waals surface area contributed by atoms with Crippen molar-refractivity contribution >= 4 is 29.6 Å². The Balaban J connectivity index is 1.77. The molecule has 3 unspecified atom stereocenters. The fourth-order valence-electron chi connectivity index (χ4n) is 6.26. The second kappa shape index (κ2) is 16.0. The number of carbonyl (C=O) groups is 3.